The highest BCUT2D eigenvalue weighted by atomic mass is 16.5. The first-order valence-electron chi connectivity index (χ1n) is 11.3. The van der Waals surface area contributed by atoms with Crippen LogP contribution in [0.5, 0.6) is 5.75 Å². The Morgan fingerprint density at radius 2 is 2.00 bits per heavy atom. The van der Waals surface area contributed by atoms with Crippen molar-refractivity contribution in [3.05, 3.63) is 40.6 Å². The van der Waals surface area contributed by atoms with Gasteiger partial charge in [0.1, 0.15) is 22.9 Å². The number of hydrogen-bond acceptors (Lipinski definition) is 4. The molecule has 1 aromatic rings. The van der Waals surface area contributed by atoms with Crippen LogP contribution in [-0.2, 0) is 9.59 Å². The Kier molecular flexibility index (Phi) is 3.56. The molecular formula is C25H27N3O4. The summed E-state index contributed by atoms with van der Waals surface area (Å²) >= 11 is 0. The topological polar surface area (TPSA) is 84.7 Å². The summed E-state index contributed by atoms with van der Waals surface area (Å²) in [5.74, 6) is 0.513. The number of piperazine rings is 1. The molecule has 1 N–H and O–H groups in total. The number of benzene rings is 1. The van der Waals surface area contributed by atoms with Crippen molar-refractivity contribution < 1.29 is 19.1 Å². The van der Waals surface area contributed by atoms with Crippen LogP contribution < -0.4 is 10.1 Å². The summed E-state index contributed by atoms with van der Waals surface area (Å²) < 4.78 is 7.09. The zero-order valence-electron chi connectivity index (χ0n) is 18.8. The van der Waals surface area contributed by atoms with Crippen LogP contribution in [0.25, 0.3) is 11.6 Å². The number of carbonyl (C=O) groups is 2. The maximum Gasteiger partial charge on any atom is 0.253 e. The highest BCUT2D eigenvalue weighted by Crippen LogP contribution is 2.52. The maximum absolute atomic E-state index is 13.6. The van der Waals surface area contributed by atoms with Gasteiger partial charge >= 0.3 is 0 Å². The number of hydrogen-bond donors (Lipinski definition) is 1. The van der Waals surface area contributed by atoms with E-state index in [9.17, 15) is 14.8 Å². The average molecular weight is 434 g/mol. The Bertz CT molecular complexity index is 1210. The van der Waals surface area contributed by atoms with Gasteiger partial charge in [-0.1, -0.05) is 0 Å². The van der Waals surface area contributed by atoms with Gasteiger partial charge in [0.05, 0.1) is 22.1 Å². The molecule has 1 aliphatic carbocycles. The number of ether oxygens (including phenoxy) is 1. The lowest BCUT2D eigenvalue weighted by Crippen LogP contribution is -2.70. The summed E-state index contributed by atoms with van der Waals surface area (Å²) in [6.07, 6.45) is 7.63. The van der Waals surface area contributed by atoms with Gasteiger partial charge in [0.15, 0.2) is 0 Å². The van der Waals surface area contributed by atoms with Crippen molar-refractivity contribution in [1.82, 2.24) is 10.2 Å². The number of rotatable bonds is 0. The highest BCUT2D eigenvalue weighted by molar-refractivity contribution is 6.29. The smallest absolute Gasteiger partial charge is 0.253 e. The van der Waals surface area contributed by atoms with E-state index in [1.54, 1.807) is 4.90 Å². The molecule has 6 rings (SSSR count). The van der Waals surface area contributed by atoms with Crippen LogP contribution in [0, 0.1) is 10.6 Å². The quantitative estimate of drug-likeness (QED) is 0.503. The van der Waals surface area contributed by atoms with Gasteiger partial charge in [0.25, 0.3) is 5.91 Å². The number of fused-ring (bicyclic) bond motifs is 6. The summed E-state index contributed by atoms with van der Waals surface area (Å²) in [6.45, 7) is 8.51. The molecule has 4 heterocycles. The lowest BCUT2D eigenvalue weighted by Gasteiger charge is -2.47. The second-order valence-corrected chi connectivity index (χ2v) is 10.8. The molecule has 0 aromatic heterocycles. The third-order valence-electron chi connectivity index (χ3n) is 7.45. The highest BCUT2D eigenvalue weighted by Gasteiger charge is 2.59. The molecule has 1 aromatic carbocycles. The van der Waals surface area contributed by atoms with Crippen molar-refractivity contribution in [2.24, 2.45) is 5.41 Å². The van der Waals surface area contributed by atoms with E-state index in [0.29, 0.717) is 36.5 Å². The first kappa shape index (κ1) is 19.6. The first-order chi connectivity index (χ1) is 15.0. The average Bonchev–Trinajstić information content (AvgIpc) is 3.29. The monoisotopic (exact) mass is 433 g/mol. The first-order valence-corrected chi connectivity index (χ1v) is 11.3. The van der Waals surface area contributed by atoms with E-state index in [4.69, 9.17) is 4.74 Å². The number of nitrogens with zero attached hydrogens (tertiary/aromatic N) is 2. The van der Waals surface area contributed by atoms with Crippen LogP contribution in [0.3, 0.4) is 0 Å². The number of carbonyl (C=O) groups excluding carboxylic acids is 2. The molecule has 7 nitrogen and oxygen atoms in total. The summed E-state index contributed by atoms with van der Waals surface area (Å²) in [4.78, 5) is 28.3. The van der Waals surface area contributed by atoms with Crippen LogP contribution in [-0.4, -0.2) is 50.9 Å². The van der Waals surface area contributed by atoms with Crippen molar-refractivity contribution in [2.75, 3.05) is 6.54 Å². The van der Waals surface area contributed by atoms with Gasteiger partial charge in [-0.3, -0.25) is 9.59 Å². The Morgan fingerprint density at radius 3 is 2.78 bits per heavy atom. The molecule has 32 heavy (non-hydrogen) atoms. The molecule has 0 bridgehead atoms. The van der Waals surface area contributed by atoms with Gasteiger partial charge in [0.2, 0.25) is 17.3 Å². The standard InChI is InChI=1S/C25H27N3O4/c1-23(2)13-25(22(30)27-11-5-6-17(27)21(29)26-25)12-16-14-7-8-18-15(9-10-24(3,4)32-18)19(14)28(31)20(16)23/h7-10,12,17H,5-6,11,13H2,1-4H3,(H,26,29)/t17-,25+/m0/s1. The molecule has 0 radical (unpaired) electrons. The van der Waals surface area contributed by atoms with E-state index in [-0.39, 0.29) is 17.9 Å². The molecule has 5 aliphatic rings. The lowest BCUT2D eigenvalue weighted by atomic mass is 9.66. The number of amides is 2. The summed E-state index contributed by atoms with van der Waals surface area (Å²) in [5.41, 5.74) is 1.26. The third-order valence-corrected chi connectivity index (χ3v) is 7.45. The third kappa shape index (κ3) is 2.39. The Labute approximate surface area is 187 Å². The second-order valence-electron chi connectivity index (χ2n) is 10.8. The molecule has 2 saturated heterocycles. The van der Waals surface area contributed by atoms with Gasteiger partial charge in [-0.2, -0.15) is 4.74 Å². The lowest BCUT2D eigenvalue weighted by molar-refractivity contribution is -0.361. The molecule has 7 heteroatoms. The molecular weight excluding hydrogens is 406 g/mol. The molecule has 2 fully saturated rings. The van der Waals surface area contributed by atoms with E-state index in [1.165, 1.54) is 0 Å². The minimum absolute atomic E-state index is 0.0620. The normalized spacial score (nSPS) is 30.9. The molecule has 0 unspecified atom stereocenters. The summed E-state index contributed by atoms with van der Waals surface area (Å²) in [7, 11) is 0. The predicted molar refractivity (Wildman–Crippen MR) is 120 cm³/mol. The van der Waals surface area contributed by atoms with Gasteiger partial charge in [-0.25, -0.2) is 0 Å². The van der Waals surface area contributed by atoms with Crippen LogP contribution in [0.2, 0.25) is 0 Å². The second kappa shape index (κ2) is 5.82. The molecule has 1 spiro atoms. The van der Waals surface area contributed by atoms with Crippen molar-refractivity contribution in [3.63, 3.8) is 0 Å². The van der Waals surface area contributed by atoms with Crippen molar-refractivity contribution >= 4 is 34.9 Å². The molecule has 166 valence electrons. The Morgan fingerprint density at radius 1 is 1.22 bits per heavy atom. The fraction of sp³-hybridized carbons (Fsp3) is 0.480. The molecule has 4 aliphatic heterocycles. The van der Waals surface area contributed by atoms with E-state index in [0.717, 1.165) is 27.9 Å². The fourth-order valence-corrected chi connectivity index (χ4v) is 6.20. The predicted octanol–water partition coefficient (Wildman–Crippen LogP) is 3.14. The minimum atomic E-state index is -1.13. The van der Waals surface area contributed by atoms with Crippen molar-refractivity contribution in [3.8, 4) is 5.75 Å². The van der Waals surface area contributed by atoms with E-state index < -0.39 is 16.6 Å². The van der Waals surface area contributed by atoms with Gasteiger partial charge in [-0.15, -0.1) is 0 Å². The summed E-state index contributed by atoms with van der Waals surface area (Å²) in [6, 6.07) is 3.42. The molecule has 2 atom stereocenters. The van der Waals surface area contributed by atoms with E-state index in [1.807, 2.05) is 58.1 Å². The SMILES string of the molecule is CC1(C)C=Cc2c(ccc3c2[N+]([O-])=C2C3=C[C@]3(CC2(C)C)NC(=O)[C@@H]2CCCN2C3=O)O1. The zero-order valence-corrected chi connectivity index (χ0v) is 18.8. The van der Waals surface area contributed by atoms with E-state index >= 15 is 0 Å². The van der Waals surface area contributed by atoms with Crippen molar-refractivity contribution in [1.29, 1.82) is 0 Å². The van der Waals surface area contributed by atoms with E-state index in [2.05, 4.69) is 5.32 Å². The van der Waals surface area contributed by atoms with Crippen LogP contribution in [0.1, 0.15) is 58.1 Å². The van der Waals surface area contributed by atoms with Crippen LogP contribution in [0.15, 0.2) is 24.3 Å². The Balaban J connectivity index is 1.56. The maximum atomic E-state index is 13.6. The minimum Gasteiger partial charge on any atom is -0.618 e. The number of allylic oxidation sites excluding steroid dienone is 1. The largest absolute Gasteiger partial charge is 0.618 e. The molecule has 0 saturated carbocycles. The zero-order chi connectivity index (χ0) is 22.6. The summed E-state index contributed by atoms with van der Waals surface area (Å²) in [5, 5.41) is 16.7. The van der Waals surface area contributed by atoms with Gasteiger partial charge < -0.3 is 20.2 Å². The van der Waals surface area contributed by atoms with Crippen LogP contribution in [0.4, 0.5) is 5.69 Å². The van der Waals surface area contributed by atoms with Gasteiger partial charge in [-0.05, 0) is 77.3 Å². The van der Waals surface area contributed by atoms with Crippen molar-refractivity contribution in [2.45, 2.75) is 64.1 Å². The Hall–Kier alpha value is -3.09. The van der Waals surface area contributed by atoms with Crippen LogP contribution >= 0.6 is 0 Å². The van der Waals surface area contributed by atoms with Gasteiger partial charge in [0, 0.05) is 6.54 Å². The fourth-order valence-electron chi connectivity index (χ4n) is 6.20. The number of nitrogens with one attached hydrogen (secondary N) is 1. The molecule has 2 amide bonds.